The molecule has 2 aromatic rings. The molecule has 0 bridgehead atoms. The molecule has 112 valence electrons. The highest BCUT2D eigenvalue weighted by Gasteiger charge is 2.10. The third kappa shape index (κ3) is 3.85. The van der Waals surface area contributed by atoms with Crippen LogP contribution in [0.15, 0.2) is 27.1 Å². The number of benzene rings is 1. The number of methoxy groups -OCH3 is 1. The average molecular weight is 416 g/mol. The third-order valence-electron chi connectivity index (χ3n) is 2.78. The molecule has 0 aliphatic heterocycles. The van der Waals surface area contributed by atoms with Crippen LogP contribution in [-0.2, 0) is 0 Å². The number of halogens is 2. The van der Waals surface area contributed by atoms with Crippen molar-refractivity contribution in [2.45, 2.75) is 19.8 Å². The van der Waals surface area contributed by atoms with Crippen LogP contribution in [0, 0.1) is 0 Å². The van der Waals surface area contributed by atoms with Gasteiger partial charge < -0.3 is 15.8 Å². The van der Waals surface area contributed by atoms with E-state index in [0.29, 0.717) is 17.5 Å². The first kappa shape index (κ1) is 16.0. The Balaban J connectivity index is 2.38. The van der Waals surface area contributed by atoms with E-state index in [0.717, 1.165) is 20.4 Å². The third-order valence-corrected chi connectivity index (χ3v) is 4.06. The van der Waals surface area contributed by atoms with Gasteiger partial charge in [0.05, 0.1) is 17.3 Å². The fourth-order valence-electron chi connectivity index (χ4n) is 1.73. The summed E-state index contributed by atoms with van der Waals surface area (Å²) in [6.07, 6.45) is 0. The maximum absolute atomic E-state index is 5.83. The first-order chi connectivity index (χ1) is 9.90. The van der Waals surface area contributed by atoms with E-state index in [1.54, 1.807) is 13.2 Å². The Morgan fingerprint density at radius 2 is 1.86 bits per heavy atom. The smallest absolute Gasteiger partial charge is 0.136 e. The molecule has 0 spiro atoms. The number of rotatable bonds is 4. The second-order valence-corrected chi connectivity index (χ2v) is 6.49. The second-order valence-electron chi connectivity index (χ2n) is 4.78. The van der Waals surface area contributed by atoms with Crippen LogP contribution in [-0.4, -0.2) is 17.1 Å². The largest absolute Gasteiger partial charge is 0.495 e. The van der Waals surface area contributed by atoms with Crippen LogP contribution in [0.3, 0.4) is 0 Å². The fraction of sp³-hybridized carbons (Fsp3) is 0.286. The molecule has 2 rings (SSSR count). The zero-order valence-electron chi connectivity index (χ0n) is 11.9. The summed E-state index contributed by atoms with van der Waals surface area (Å²) in [5.74, 6) is 2.73. The quantitative estimate of drug-likeness (QED) is 0.771. The Morgan fingerprint density at radius 3 is 2.48 bits per heavy atom. The number of aromatic nitrogens is 2. The molecule has 21 heavy (non-hydrogen) atoms. The molecule has 0 atom stereocenters. The lowest BCUT2D eigenvalue weighted by Crippen LogP contribution is -2.05. The highest BCUT2D eigenvalue weighted by atomic mass is 79.9. The number of nitrogens with one attached hydrogen (secondary N) is 1. The summed E-state index contributed by atoms with van der Waals surface area (Å²) in [4.78, 5) is 8.70. The monoisotopic (exact) mass is 414 g/mol. The van der Waals surface area contributed by atoms with E-state index in [2.05, 4.69) is 47.1 Å². The van der Waals surface area contributed by atoms with Crippen molar-refractivity contribution in [1.29, 1.82) is 0 Å². The van der Waals surface area contributed by atoms with Crippen molar-refractivity contribution in [3.8, 4) is 5.75 Å². The Kier molecular flexibility index (Phi) is 5.05. The van der Waals surface area contributed by atoms with Crippen LogP contribution in [0.5, 0.6) is 5.75 Å². The Labute approximate surface area is 140 Å². The highest BCUT2D eigenvalue weighted by molar-refractivity contribution is 9.11. The van der Waals surface area contributed by atoms with E-state index in [4.69, 9.17) is 10.5 Å². The van der Waals surface area contributed by atoms with Gasteiger partial charge in [-0.25, -0.2) is 9.97 Å². The summed E-state index contributed by atoms with van der Waals surface area (Å²) in [6, 6.07) is 5.49. The van der Waals surface area contributed by atoms with Gasteiger partial charge in [0.25, 0.3) is 0 Å². The number of ether oxygens (including phenoxy) is 1. The van der Waals surface area contributed by atoms with Crippen molar-refractivity contribution in [2.75, 3.05) is 18.2 Å². The molecular formula is C14H16Br2N4O. The lowest BCUT2D eigenvalue weighted by Gasteiger charge is -2.13. The minimum absolute atomic E-state index is 0.206. The molecule has 1 heterocycles. The van der Waals surface area contributed by atoms with Crippen molar-refractivity contribution in [3.05, 3.63) is 33.0 Å². The van der Waals surface area contributed by atoms with E-state index in [-0.39, 0.29) is 5.92 Å². The molecule has 1 aromatic carbocycles. The zero-order chi connectivity index (χ0) is 15.6. The molecule has 0 saturated carbocycles. The Hall–Kier alpha value is -1.34. The normalized spacial score (nSPS) is 10.8. The van der Waals surface area contributed by atoms with Crippen molar-refractivity contribution in [2.24, 2.45) is 0 Å². The minimum Gasteiger partial charge on any atom is -0.495 e. The molecule has 1 aromatic heterocycles. The van der Waals surface area contributed by atoms with Crippen LogP contribution in [0.1, 0.15) is 25.6 Å². The van der Waals surface area contributed by atoms with Gasteiger partial charge in [-0.2, -0.15) is 0 Å². The molecular weight excluding hydrogens is 400 g/mol. The van der Waals surface area contributed by atoms with Gasteiger partial charge in [-0.15, -0.1) is 0 Å². The number of anilines is 3. The van der Waals surface area contributed by atoms with E-state index in [1.807, 2.05) is 26.0 Å². The predicted molar refractivity (Wildman–Crippen MR) is 92.2 cm³/mol. The number of nitrogens with zero attached hydrogens (tertiary/aromatic N) is 2. The van der Waals surface area contributed by atoms with Crippen LogP contribution < -0.4 is 15.8 Å². The van der Waals surface area contributed by atoms with Crippen LogP contribution in [0.4, 0.5) is 17.3 Å². The number of nitrogen functional groups attached to an aromatic ring is 1. The number of hydrogen-bond donors (Lipinski definition) is 2. The lowest BCUT2D eigenvalue weighted by molar-refractivity contribution is 0.412. The molecule has 0 amide bonds. The van der Waals surface area contributed by atoms with Gasteiger partial charge in [0.2, 0.25) is 0 Å². The minimum atomic E-state index is 0.206. The molecule has 0 aliphatic carbocycles. The van der Waals surface area contributed by atoms with Gasteiger partial charge in [-0.1, -0.05) is 13.8 Å². The fourth-order valence-corrected chi connectivity index (χ4v) is 2.98. The molecule has 0 unspecified atom stereocenters. The van der Waals surface area contributed by atoms with E-state index >= 15 is 0 Å². The number of hydrogen-bond acceptors (Lipinski definition) is 5. The van der Waals surface area contributed by atoms with Gasteiger partial charge in [0.15, 0.2) is 0 Å². The van der Waals surface area contributed by atoms with Gasteiger partial charge in [-0.3, -0.25) is 0 Å². The van der Waals surface area contributed by atoms with Gasteiger partial charge in [0, 0.05) is 22.5 Å². The van der Waals surface area contributed by atoms with Gasteiger partial charge in [0.1, 0.15) is 23.2 Å². The van der Waals surface area contributed by atoms with Crippen molar-refractivity contribution in [3.63, 3.8) is 0 Å². The highest BCUT2D eigenvalue weighted by Crippen LogP contribution is 2.35. The molecule has 7 heteroatoms. The van der Waals surface area contributed by atoms with Crippen LogP contribution in [0.25, 0.3) is 0 Å². The molecule has 0 saturated heterocycles. The second kappa shape index (κ2) is 6.62. The van der Waals surface area contributed by atoms with E-state index in [9.17, 15) is 0 Å². The summed E-state index contributed by atoms with van der Waals surface area (Å²) < 4.78 is 7.05. The summed E-state index contributed by atoms with van der Waals surface area (Å²) in [5, 5.41) is 3.23. The average Bonchev–Trinajstić information content (AvgIpc) is 2.41. The summed E-state index contributed by atoms with van der Waals surface area (Å²) in [6.45, 7) is 4.05. The van der Waals surface area contributed by atoms with Crippen molar-refractivity contribution >= 4 is 49.2 Å². The van der Waals surface area contributed by atoms with Crippen molar-refractivity contribution < 1.29 is 4.74 Å². The standard InChI is InChI=1S/C14H16Br2N4O/c1-7(2)14-19-12(17)6-13(20-14)18-10-5-11(21-3)9(16)4-8(10)15/h4-7H,1-3H3,(H3,17,18,19,20). The van der Waals surface area contributed by atoms with E-state index in [1.165, 1.54) is 0 Å². The summed E-state index contributed by atoms with van der Waals surface area (Å²) >= 11 is 6.95. The molecule has 5 nitrogen and oxygen atoms in total. The SMILES string of the molecule is COc1cc(Nc2cc(N)nc(C(C)C)n2)c(Br)cc1Br. The molecule has 0 fully saturated rings. The number of nitrogens with two attached hydrogens (primary N) is 1. The Bertz CT molecular complexity index is 662. The van der Waals surface area contributed by atoms with E-state index < -0.39 is 0 Å². The van der Waals surface area contributed by atoms with Gasteiger partial charge >= 0.3 is 0 Å². The van der Waals surface area contributed by atoms with Crippen LogP contribution >= 0.6 is 31.9 Å². The zero-order valence-corrected chi connectivity index (χ0v) is 15.1. The lowest BCUT2D eigenvalue weighted by atomic mass is 10.2. The predicted octanol–water partition coefficient (Wildman–Crippen LogP) is 4.46. The van der Waals surface area contributed by atoms with Gasteiger partial charge in [-0.05, 0) is 37.9 Å². The first-order valence-corrected chi connectivity index (χ1v) is 7.93. The van der Waals surface area contributed by atoms with Crippen LogP contribution in [0.2, 0.25) is 0 Å². The summed E-state index contributed by atoms with van der Waals surface area (Å²) in [5.41, 5.74) is 6.67. The first-order valence-electron chi connectivity index (χ1n) is 6.35. The Morgan fingerprint density at radius 1 is 1.14 bits per heavy atom. The maximum atomic E-state index is 5.83. The topological polar surface area (TPSA) is 73.1 Å². The van der Waals surface area contributed by atoms with Crippen molar-refractivity contribution in [1.82, 2.24) is 9.97 Å². The maximum Gasteiger partial charge on any atom is 0.136 e. The molecule has 0 radical (unpaired) electrons. The summed E-state index contributed by atoms with van der Waals surface area (Å²) in [7, 11) is 1.62. The molecule has 0 aliphatic rings. The molecule has 3 N–H and O–H groups in total.